The lowest BCUT2D eigenvalue weighted by Crippen LogP contribution is -2.29. The van der Waals surface area contributed by atoms with Gasteiger partial charge in [-0.3, -0.25) is 4.79 Å². The first-order valence-corrected chi connectivity index (χ1v) is 7.74. The normalized spacial score (nSPS) is 11.9. The molecule has 0 spiro atoms. The summed E-state index contributed by atoms with van der Waals surface area (Å²) in [4.78, 5) is 16.2. The summed E-state index contributed by atoms with van der Waals surface area (Å²) < 4.78 is 5.51. The second-order valence-corrected chi connectivity index (χ2v) is 5.49. The van der Waals surface area contributed by atoms with Gasteiger partial charge in [-0.25, -0.2) is 4.98 Å². The molecule has 1 unspecified atom stereocenters. The van der Waals surface area contributed by atoms with Crippen LogP contribution >= 0.6 is 11.3 Å². The first-order valence-electron chi connectivity index (χ1n) is 6.86. The molecule has 21 heavy (non-hydrogen) atoms. The molecule has 1 aromatic heterocycles. The quantitative estimate of drug-likeness (QED) is 0.771. The summed E-state index contributed by atoms with van der Waals surface area (Å²) in [5, 5.41) is 5.82. The zero-order valence-corrected chi connectivity index (χ0v) is 12.7. The van der Waals surface area contributed by atoms with Crippen molar-refractivity contribution in [3.8, 4) is 5.75 Å². The lowest BCUT2D eigenvalue weighted by molar-refractivity contribution is -0.122. The van der Waals surface area contributed by atoms with E-state index in [1.165, 1.54) is 0 Å². The van der Waals surface area contributed by atoms with Gasteiger partial charge in [0, 0.05) is 17.3 Å². The first-order chi connectivity index (χ1) is 10.2. The maximum Gasteiger partial charge on any atom is 0.223 e. The topological polar surface area (TPSA) is 77.2 Å². The number of nitrogens with two attached hydrogens (primary N) is 1. The SMILES string of the molecule is CCC(NC(=O)CCOc1ccc(N)cc1)c1nccs1. The van der Waals surface area contributed by atoms with Gasteiger partial charge < -0.3 is 15.8 Å². The van der Waals surface area contributed by atoms with Crippen molar-refractivity contribution in [1.82, 2.24) is 10.3 Å². The van der Waals surface area contributed by atoms with E-state index in [0.717, 1.165) is 11.4 Å². The van der Waals surface area contributed by atoms with Crippen LogP contribution in [-0.2, 0) is 4.79 Å². The van der Waals surface area contributed by atoms with Gasteiger partial charge in [0.05, 0.1) is 19.1 Å². The van der Waals surface area contributed by atoms with Gasteiger partial charge >= 0.3 is 0 Å². The molecule has 0 saturated carbocycles. The number of anilines is 1. The van der Waals surface area contributed by atoms with Crippen molar-refractivity contribution in [1.29, 1.82) is 0 Å². The van der Waals surface area contributed by atoms with E-state index >= 15 is 0 Å². The number of carbonyl (C=O) groups excluding carboxylic acids is 1. The van der Waals surface area contributed by atoms with Crippen LogP contribution in [0.2, 0.25) is 0 Å². The Morgan fingerprint density at radius 2 is 2.19 bits per heavy atom. The summed E-state index contributed by atoms with van der Waals surface area (Å²) in [5.74, 6) is 0.677. The molecule has 1 heterocycles. The van der Waals surface area contributed by atoms with E-state index in [-0.39, 0.29) is 11.9 Å². The predicted molar refractivity (Wildman–Crippen MR) is 84.3 cm³/mol. The zero-order chi connectivity index (χ0) is 15.1. The lowest BCUT2D eigenvalue weighted by atomic mass is 10.2. The smallest absolute Gasteiger partial charge is 0.223 e. The van der Waals surface area contributed by atoms with Crippen LogP contribution in [0, 0.1) is 0 Å². The van der Waals surface area contributed by atoms with Crippen LogP contribution in [0.5, 0.6) is 5.75 Å². The van der Waals surface area contributed by atoms with Crippen LogP contribution < -0.4 is 15.8 Å². The maximum absolute atomic E-state index is 11.9. The third kappa shape index (κ3) is 4.75. The Kier molecular flexibility index (Phi) is 5.57. The Bertz CT molecular complexity index is 555. The number of rotatable bonds is 7. The molecule has 0 aliphatic carbocycles. The Balaban J connectivity index is 1.75. The molecule has 2 rings (SSSR count). The summed E-state index contributed by atoms with van der Waals surface area (Å²) in [7, 11) is 0. The zero-order valence-electron chi connectivity index (χ0n) is 11.9. The average Bonchev–Trinajstić information content (AvgIpc) is 3.01. The van der Waals surface area contributed by atoms with E-state index in [2.05, 4.69) is 10.3 Å². The van der Waals surface area contributed by atoms with Gasteiger partial charge in [0.15, 0.2) is 0 Å². The second kappa shape index (κ2) is 7.64. The van der Waals surface area contributed by atoms with Gasteiger partial charge in [-0.1, -0.05) is 6.92 Å². The van der Waals surface area contributed by atoms with Crippen molar-refractivity contribution in [3.05, 3.63) is 40.8 Å². The molecule has 1 amide bonds. The van der Waals surface area contributed by atoms with Crippen LogP contribution in [0.4, 0.5) is 5.69 Å². The molecule has 0 radical (unpaired) electrons. The molecule has 1 aromatic carbocycles. The van der Waals surface area contributed by atoms with Gasteiger partial charge in [0.1, 0.15) is 10.8 Å². The largest absolute Gasteiger partial charge is 0.493 e. The summed E-state index contributed by atoms with van der Waals surface area (Å²) >= 11 is 1.55. The molecule has 0 saturated heterocycles. The third-order valence-electron chi connectivity index (χ3n) is 2.97. The van der Waals surface area contributed by atoms with E-state index < -0.39 is 0 Å². The number of amides is 1. The number of nitrogen functional groups attached to an aromatic ring is 1. The minimum absolute atomic E-state index is 0.0194. The van der Waals surface area contributed by atoms with Gasteiger partial charge in [0.2, 0.25) is 5.91 Å². The molecule has 0 aliphatic rings. The lowest BCUT2D eigenvalue weighted by Gasteiger charge is -2.14. The van der Waals surface area contributed by atoms with Crippen LogP contribution in [0.1, 0.15) is 30.8 Å². The number of ether oxygens (including phenoxy) is 1. The Morgan fingerprint density at radius 1 is 1.43 bits per heavy atom. The number of benzene rings is 1. The number of hydrogen-bond acceptors (Lipinski definition) is 5. The number of carbonyl (C=O) groups is 1. The minimum Gasteiger partial charge on any atom is -0.493 e. The van der Waals surface area contributed by atoms with E-state index in [4.69, 9.17) is 10.5 Å². The highest BCUT2D eigenvalue weighted by atomic mass is 32.1. The van der Waals surface area contributed by atoms with Crippen LogP contribution in [-0.4, -0.2) is 17.5 Å². The highest BCUT2D eigenvalue weighted by Crippen LogP contribution is 2.19. The average molecular weight is 305 g/mol. The molecule has 0 fully saturated rings. The van der Waals surface area contributed by atoms with Gasteiger partial charge in [-0.05, 0) is 30.7 Å². The van der Waals surface area contributed by atoms with Crippen LogP contribution in [0.15, 0.2) is 35.8 Å². The fourth-order valence-electron chi connectivity index (χ4n) is 1.84. The molecule has 6 heteroatoms. The molecule has 1 atom stereocenters. The highest BCUT2D eigenvalue weighted by molar-refractivity contribution is 7.09. The van der Waals surface area contributed by atoms with Crippen molar-refractivity contribution in [2.24, 2.45) is 0 Å². The standard InChI is InChI=1S/C15H19N3O2S/c1-2-13(15-17-8-10-21-15)18-14(19)7-9-20-12-5-3-11(16)4-6-12/h3-6,8,10,13H,2,7,9,16H2,1H3,(H,18,19). The molecular formula is C15H19N3O2S. The monoisotopic (exact) mass is 305 g/mol. The number of hydrogen-bond donors (Lipinski definition) is 2. The number of thiazole rings is 1. The van der Waals surface area contributed by atoms with Gasteiger partial charge in [0.25, 0.3) is 0 Å². The van der Waals surface area contributed by atoms with Crippen molar-refractivity contribution >= 4 is 22.9 Å². The minimum atomic E-state index is -0.0347. The number of nitrogens with zero attached hydrogens (tertiary/aromatic N) is 1. The molecular weight excluding hydrogens is 286 g/mol. The first kappa shape index (κ1) is 15.3. The fraction of sp³-hybridized carbons (Fsp3) is 0.333. The van der Waals surface area contributed by atoms with E-state index in [1.54, 1.807) is 41.8 Å². The van der Waals surface area contributed by atoms with Crippen molar-refractivity contribution in [3.63, 3.8) is 0 Å². The van der Waals surface area contributed by atoms with E-state index in [1.807, 2.05) is 12.3 Å². The summed E-state index contributed by atoms with van der Waals surface area (Å²) in [6, 6.07) is 7.10. The Labute approximate surface area is 128 Å². The van der Waals surface area contributed by atoms with Crippen molar-refractivity contribution < 1.29 is 9.53 Å². The Morgan fingerprint density at radius 3 is 2.81 bits per heavy atom. The maximum atomic E-state index is 11.9. The molecule has 112 valence electrons. The van der Waals surface area contributed by atoms with Gasteiger partial charge in [-0.15, -0.1) is 11.3 Å². The fourth-order valence-corrected chi connectivity index (χ4v) is 2.61. The molecule has 0 aliphatic heterocycles. The molecule has 5 nitrogen and oxygen atoms in total. The van der Waals surface area contributed by atoms with Crippen molar-refractivity contribution in [2.75, 3.05) is 12.3 Å². The van der Waals surface area contributed by atoms with Gasteiger partial charge in [-0.2, -0.15) is 0 Å². The summed E-state index contributed by atoms with van der Waals surface area (Å²) in [5.41, 5.74) is 6.28. The number of aromatic nitrogens is 1. The third-order valence-corrected chi connectivity index (χ3v) is 3.86. The molecule has 0 bridgehead atoms. The van der Waals surface area contributed by atoms with Crippen LogP contribution in [0.3, 0.4) is 0 Å². The van der Waals surface area contributed by atoms with Crippen LogP contribution in [0.25, 0.3) is 0 Å². The van der Waals surface area contributed by atoms with E-state index in [0.29, 0.717) is 24.5 Å². The van der Waals surface area contributed by atoms with Crippen molar-refractivity contribution in [2.45, 2.75) is 25.8 Å². The number of nitrogens with one attached hydrogen (secondary N) is 1. The highest BCUT2D eigenvalue weighted by Gasteiger charge is 2.14. The summed E-state index contributed by atoms with van der Waals surface area (Å²) in [6.45, 7) is 2.36. The van der Waals surface area contributed by atoms with E-state index in [9.17, 15) is 4.79 Å². The molecule has 2 aromatic rings. The second-order valence-electron chi connectivity index (χ2n) is 4.57. The Hall–Kier alpha value is -2.08. The predicted octanol–water partition coefficient (Wildman–Crippen LogP) is 2.76. The summed E-state index contributed by atoms with van der Waals surface area (Å²) in [6.07, 6.45) is 2.88. The molecule has 3 N–H and O–H groups in total.